The van der Waals surface area contributed by atoms with Gasteiger partial charge in [0.15, 0.2) is 0 Å². The molecule has 0 aliphatic heterocycles. The molecular formula is C15H12ClNO2. The van der Waals surface area contributed by atoms with E-state index in [2.05, 4.69) is 4.98 Å². The number of halogens is 1. The summed E-state index contributed by atoms with van der Waals surface area (Å²) >= 11 is 5.99. The van der Waals surface area contributed by atoms with Gasteiger partial charge in [-0.05, 0) is 48.2 Å². The summed E-state index contributed by atoms with van der Waals surface area (Å²) in [6.07, 6.45) is 3.12. The van der Waals surface area contributed by atoms with Crippen molar-refractivity contribution in [3.05, 3.63) is 57.9 Å². The van der Waals surface area contributed by atoms with Gasteiger partial charge in [0.1, 0.15) is 11.4 Å². The standard InChI is InChI=1S/C15H12ClNO2/c1-19-12-7-10-3-2-9-6-11(16)4-5-13(9)15(18)14(10)17-8-12/h4-8H,2-3H2,1H3. The third-order valence-corrected chi connectivity index (χ3v) is 3.60. The average Bonchev–Trinajstić information content (AvgIpc) is 2.56. The molecule has 0 bridgehead atoms. The predicted octanol–water partition coefficient (Wildman–Crippen LogP) is 3.07. The van der Waals surface area contributed by atoms with Gasteiger partial charge in [0, 0.05) is 10.6 Å². The normalized spacial score (nSPS) is 13.5. The van der Waals surface area contributed by atoms with E-state index in [1.54, 1.807) is 25.4 Å². The van der Waals surface area contributed by atoms with E-state index in [0.29, 0.717) is 22.0 Å². The highest BCUT2D eigenvalue weighted by molar-refractivity contribution is 6.30. The Morgan fingerprint density at radius 2 is 2.00 bits per heavy atom. The smallest absolute Gasteiger partial charge is 0.211 e. The topological polar surface area (TPSA) is 39.2 Å². The van der Waals surface area contributed by atoms with Crippen molar-refractivity contribution in [2.75, 3.05) is 7.11 Å². The first-order valence-electron chi connectivity index (χ1n) is 6.05. The number of aromatic nitrogens is 1. The SMILES string of the molecule is COc1cnc2c(c1)CCc1cc(Cl)ccc1C2=O. The maximum absolute atomic E-state index is 12.5. The monoisotopic (exact) mass is 273 g/mol. The number of benzene rings is 1. The quantitative estimate of drug-likeness (QED) is 0.802. The zero-order valence-electron chi connectivity index (χ0n) is 10.4. The van der Waals surface area contributed by atoms with Crippen LogP contribution in [0.4, 0.5) is 0 Å². The van der Waals surface area contributed by atoms with Gasteiger partial charge in [-0.2, -0.15) is 0 Å². The lowest BCUT2D eigenvalue weighted by Crippen LogP contribution is -2.07. The van der Waals surface area contributed by atoms with Crippen LogP contribution in [0.15, 0.2) is 30.5 Å². The molecule has 0 atom stereocenters. The highest BCUT2D eigenvalue weighted by Crippen LogP contribution is 2.27. The summed E-state index contributed by atoms with van der Waals surface area (Å²) in [5.74, 6) is 0.636. The highest BCUT2D eigenvalue weighted by Gasteiger charge is 2.22. The number of fused-ring (bicyclic) bond motifs is 2. The molecule has 0 N–H and O–H groups in total. The number of rotatable bonds is 1. The summed E-state index contributed by atoms with van der Waals surface area (Å²) in [4.78, 5) is 16.7. The van der Waals surface area contributed by atoms with Gasteiger partial charge in [0.05, 0.1) is 13.3 Å². The van der Waals surface area contributed by atoms with Crippen LogP contribution >= 0.6 is 11.6 Å². The predicted molar refractivity (Wildman–Crippen MR) is 73.1 cm³/mol. The van der Waals surface area contributed by atoms with Gasteiger partial charge >= 0.3 is 0 Å². The minimum absolute atomic E-state index is 0.0400. The molecule has 1 aromatic heterocycles. The Labute approximate surface area is 116 Å². The van der Waals surface area contributed by atoms with Gasteiger partial charge in [0.2, 0.25) is 5.78 Å². The van der Waals surface area contributed by atoms with E-state index in [9.17, 15) is 4.79 Å². The molecule has 96 valence electrons. The van der Waals surface area contributed by atoms with Crippen molar-refractivity contribution in [2.24, 2.45) is 0 Å². The van der Waals surface area contributed by atoms with E-state index < -0.39 is 0 Å². The summed E-state index contributed by atoms with van der Waals surface area (Å²) in [6, 6.07) is 7.26. The first-order chi connectivity index (χ1) is 9.19. The fraction of sp³-hybridized carbons (Fsp3) is 0.200. The summed E-state index contributed by atoms with van der Waals surface area (Å²) in [5, 5.41) is 0.656. The van der Waals surface area contributed by atoms with Gasteiger partial charge in [-0.1, -0.05) is 11.6 Å². The van der Waals surface area contributed by atoms with E-state index in [0.717, 1.165) is 24.0 Å². The number of hydrogen-bond donors (Lipinski definition) is 0. The molecular weight excluding hydrogens is 262 g/mol. The number of carbonyl (C=O) groups excluding carboxylic acids is 1. The Morgan fingerprint density at radius 1 is 1.21 bits per heavy atom. The number of carbonyl (C=O) groups is 1. The first kappa shape index (κ1) is 12.2. The van der Waals surface area contributed by atoms with Crippen molar-refractivity contribution in [3.63, 3.8) is 0 Å². The maximum Gasteiger partial charge on any atom is 0.211 e. The Kier molecular flexibility index (Phi) is 2.99. The zero-order valence-corrected chi connectivity index (χ0v) is 11.2. The van der Waals surface area contributed by atoms with Crippen LogP contribution in [0, 0.1) is 0 Å². The molecule has 0 radical (unpaired) electrons. The molecule has 4 heteroatoms. The molecule has 3 rings (SSSR count). The minimum Gasteiger partial charge on any atom is -0.495 e. The van der Waals surface area contributed by atoms with Crippen LogP contribution in [-0.4, -0.2) is 17.9 Å². The molecule has 1 aromatic carbocycles. The van der Waals surface area contributed by atoms with E-state index >= 15 is 0 Å². The maximum atomic E-state index is 12.5. The average molecular weight is 274 g/mol. The third kappa shape index (κ3) is 2.10. The van der Waals surface area contributed by atoms with E-state index in [-0.39, 0.29) is 5.78 Å². The fourth-order valence-electron chi connectivity index (χ4n) is 2.38. The Bertz CT molecular complexity index is 667. The van der Waals surface area contributed by atoms with Gasteiger partial charge in [-0.3, -0.25) is 4.79 Å². The van der Waals surface area contributed by atoms with Crippen molar-refractivity contribution >= 4 is 17.4 Å². The molecule has 0 fully saturated rings. The molecule has 1 aliphatic carbocycles. The number of hydrogen-bond acceptors (Lipinski definition) is 3. The van der Waals surface area contributed by atoms with Crippen molar-refractivity contribution in [3.8, 4) is 5.75 Å². The second kappa shape index (κ2) is 4.67. The van der Waals surface area contributed by atoms with Gasteiger partial charge in [0.25, 0.3) is 0 Å². The van der Waals surface area contributed by atoms with Crippen molar-refractivity contribution in [2.45, 2.75) is 12.8 Å². The number of aryl methyl sites for hydroxylation is 2. The molecule has 2 aromatic rings. The van der Waals surface area contributed by atoms with Crippen molar-refractivity contribution < 1.29 is 9.53 Å². The summed E-state index contributed by atoms with van der Waals surface area (Å²) < 4.78 is 5.16. The van der Waals surface area contributed by atoms with Crippen LogP contribution in [0.1, 0.15) is 27.2 Å². The summed E-state index contributed by atoms with van der Waals surface area (Å²) in [5.41, 5.74) is 3.12. The Balaban J connectivity index is 2.13. The molecule has 0 saturated heterocycles. The third-order valence-electron chi connectivity index (χ3n) is 3.37. The molecule has 19 heavy (non-hydrogen) atoms. The van der Waals surface area contributed by atoms with Crippen LogP contribution in [0.3, 0.4) is 0 Å². The number of methoxy groups -OCH3 is 1. The lowest BCUT2D eigenvalue weighted by Gasteiger charge is -2.06. The Morgan fingerprint density at radius 3 is 2.79 bits per heavy atom. The van der Waals surface area contributed by atoms with Crippen LogP contribution in [0.25, 0.3) is 0 Å². The van der Waals surface area contributed by atoms with Crippen molar-refractivity contribution in [1.82, 2.24) is 4.98 Å². The number of pyridine rings is 1. The highest BCUT2D eigenvalue weighted by atomic mass is 35.5. The van der Waals surface area contributed by atoms with E-state index in [1.165, 1.54) is 0 Å². The van der Waals surface area contributed by atoms with E-state index in [1.807, 2.05) is 12.1 Å². The van der Waals surface area contributed by atoms with Crippen LogP contribution < -0.4 is 4.74 Å². The number of ketones is 1. The lowest BCUT2D eigenvalue weighted by molar-refractivity contribution is 0.103. The molecule has 1 aliphatic rings. The second-order valence-electron chi connectivity index (χ2n) is 4.51. The van der Waals surface area contributed by atoms with Gasteiger partial charge in [-0.25, -0.2) is 4.98 Å². The first-order valence-corrected chi connectivity index (χ1v) is 6.43. The van der Waals surface area contributed by atoms with Gasteiger partial charge in [-0.15, -0.1) is 0 Å². The molecule has 3 nitrogen and oxygen atoms in total. The molecule has 0 saturated carbocycles. The number of ether oxygens (including phenoxy) is 1. The fourth-order valence-corrected chi connectivity index (χ4v) is 2.58. The zero-order chi connectivity index (χ0) is 13.4. The minimum atomic E-state index is -0.0400. The van der Waals surface area contributed by atoms with Crippen LogP contribution in [0.5, 0.6) is 5.75 Å². The number of nitrogens with zero attached hydrogens (tertiary/aromatic N) is 1. The second-order valence-corrected chi connectivity index (χ2v) is 4.95. The largest absolute Gasteiger partial charge is 0.495 e. The molecule has 1 heterocycles. The molecule has 0 unspecified atom stereocenters. The van der Waals surface area contributed by atoms with Crippen LogP contribution in [-0.2, 0) is 12.8 Å². The molecule has 0 spiro atoms. The summed E-state index contributed by atoms with van der Waals surface area (Å²) in [7, 11) is 1.59. The van der Waals surface area contributed by atoms with Gasteiger partial charge < -0.3 is 4.74 Å². The van der Waals surface area contributed by atoms with Crippen LogP contribution in [0.2, 0.25) is 5.02 Å². The Hall–Kier alpha value is -1.87. The van der Waals surface area contributed by atoms with E-state index in [4.69, 9.17) is 16.3 Å². The lowest BCUT2D eigenvalue weighted by atomic mass is 10.0. The van der Waals surface area contributed by atoms with Crippen molar-refractivity contribution in [1.29, 1.82) is 0 Å². The molecule has 0 amide bonds. The summed E-state index contributed by atoms with van der Waals surface area (Å²) in [6.45, 7) is 0.